The van der Waals surface area contributed by atoms with Crippen molar-refractivity contribution in [2.24, 2.45) is 0 Å². The Labute approximate surface area is 115 Å². The van der Waals surface area contributed by atoms with Crippen LogP contribution in [0.5, 0.6) is 0 Å². The van der Waals surface area contributed by atoms with Crippen LogP contribution in [0.15, 0.2) is 40.9 Å². The molecule has 0 radical (unpaired) electrons. The number of anilines is 1. The Morgan fingerprint density at radius 1 is 1.11 bits per heavy atom. The van der Waals surface area contributed by atoms with E-state index < -0.39 is 0 Å². The van der Waals surface area contributed by atoms with E-state index in [0.717, 1.165) is 24.1 Å². The second-order valence-corrected chi connectivity index (χ2v) is 5.68. The zero-order chi connectivity index (χ0) is 12.4. The summed E-state index contributed by atoms with van der Waals surface area (Å²) in [4.78, 5) is 0. The van der Waals surface area contributed by atoms with Crippen molar-refractivity contribution in [2.75, 3.05) is 18.5 Å². The smallest absolute Gasteiger partial charge is 0.0667 e. The molecular formula is C15H16BrNO. The fraction of sp³-hybridized carbons (Fsp3) is 0.333. The van der Waals surface area contributed by atoms with Gasteiger partial charge in [0, 0.05) is 22.8 Å². The number of ether oxygens (including phenoxy) is 1. The molecule has 1 aliphatic heterocycles. The van der Waals surface area contributed by atoms with Crippen LogP contribution in [0.2, 0.25) is 0 Å². The van der Waals surface area contributed by atoms with Crippen molar-refractivity contribution in [3.8, 4) is 0 Å². The molecule has 0 aliphatic carbocycles. The third-order valence-corrected chi connectivity index (χ3v) is 3.83. The number of hydrogen-bond acceptors (Lipinski definition) is 2. The SMILES string of the molecule is Brc1ccc2cc(NC3CCCOC3)ccc2c1. The van der Waals surface area contributed by atoms with Crippen LogP contribution >= 0.6 is 15.9 Å². The van der Waals surface area contributed by atoms with Crippen molar-refractivity contribution in [1.82, 2.24) is 0 Å². The summed E-state index contributed by atoms with van der Waals surface area (Å²) in [5, 5.41) is 6.07. The molecule has 2 nitrogen and oxygen atoms in total. The largest absolute Gasteiger partial charge is 0.380 e. The van der Waals surface area contributed by atoms with Crippen LogP contribution in [-0.2, 0) is 4.74 Å². The molecule has 2 aromatic rings. The first-order valence-corrected chi connectivity index (χ1v) is 7.14. The van der Waals surface area contributed by atoms with E-state index in [9.17, 15) is 0 Å². The maximum Gasteiger partial charge on any atom is 0.0667 e. The molecule has 1 N–H and O–H groups in total. The van der Waals surface area contributed by atoms with E-state index in [0.29, 0.717) is 6.04 Å². The Hall–Kier alpha value is -1.06. The highest BCUT2D eigenvalue weighted by molar-refractivity contribution is 9.10. The quantitative estimate of drug-likeness (QED) is 0.898. The molecule has 0 saturated carbocycles. The Kier molecular flexibility index (Phi) is 3.52. The highest BCUT2D eigenvalue weighted by atomic mass is 79.9. The summed E-state index contributed by atoms with van der Waals surface area (Å²) in [6.07, 6.45) is 2.34. The lowest BCUT2D eigenvalue weighted by Gasteiger charge is -2.24. The summed E-state index contributed by atoms with van der Waals surface area (Å²) >= 11 is 3.50. The van der Waals surface area contributed by atoms with E-state index >= 15 is 0 Å². The van der Waals surface area contributed by atoms with Crippen molar-refractivity contribution in [2.45, 2.75) is 18.9 Å². The van der Waals surface area contributed by atoms with Gasteiger partial charge in [-0.15, -0.1) is 0 Å². The lowest BCUT2D eigenvalue weighted by atomic mass is 10.1. The van der Waals surface area contributed by atoms with E-state index in [1.165, 1.54) is 22.9 Å². The van der Waals surface area contributed by atoms with Crippen molar-refractivity contribution >= 4 is 32.4 Å². The van der Waals surface area contributed by atoms with E-state index in [-0.39, 0.29) is 0 Å². The second kappa shape index (κ2) is 5.29. The van der Waals surface area contributed by atoms with Gasteiger partial charge in [-0.2, -0.15) is 0 Å². The highest BCUT2D eigenvalue weighted by Gasteiger charge is 2.13. The number of rotatable bonds is 2. The van der Waals surface area contributed by atoms with E-state index in [4.69, 9.17) is 4.74 Å². The number of halogens is 1. The molecule has 1 unspecified atom stereocenters. The molecule has 3 rings (SSSR count). The first kappa shape index (κ1) is 12.0. The van der Waals surface area contributed by atoms with Crippen molar-refractivity contribution in [3.05, 3.63) is 40.9 Å². The first-order valence-electron chi connectivity index (χ1n) is 6.35. The van der Waals surface area contributed by atoms with Crippen molar-refractivity contribution in [1.29, 1.82) is 0 Å². The van der Waals surface area contributed by atoms with E-state index in [1.54, 1.807) is 0 Å². The van der Waals surface area contributed by atoms with Gasteiger partial charge in [0.15, 0.2) is 0 Å². The highest BCUT2D eigenvalue weighted by Crippen LogP contribution is 2.24. The summed E-state index contributed by atoms with van der Waals surface area (Å²) in [7, 11) is 0. The molecule has 0 bridgehead atoms. The van der Waals surface area contributed by atoms with Gasteiger partial charge in [-0.25, -0.2) is 0 Å². The van der Waals surface area contributed by atoms with E-state index in [2.05, 4.69) is 57.6 Å². The summed E-state index contributed by atoms with van der Waals surface area (Å²) in [6.45, 7) is 1.72. The van der Waals surface area contributed by atoms with Crippen LogP contribution in [0, 0.1) is 0 Å². The fourth-order valence-corrected chi connectivity index (χ4v) is 2.78. The fourth-order valence-electron chi connectivity index (χ4n) is 2.40. The molecule has 1 aliphatic rings. The summed E-state index contributed by atoms with van der Waals surface area (Å²) < 4.78 is 6.61. The summed E-state index contributed by atoms with van der Waals surface area (Å²) in [5.41, 5.74) is 1.18. The van der Waals surface area contributed by atoms with Crippen LogP contribution in [0.3, 0.4) is 0 Å². The van der Waals surface area contributed by atoms with Gasteiger partial charge >= 0.3 is 0 Å². The monoisotopic (exact) mass is 305 g/mol. The molecule has 2 aromatic carbocycles. The maximum atomic E-state index is 5.49. The molecule has 3 heteroatoms. The van der Waals surface area contributed by atoms with Crippen molar-refractivity contribution < 1.29 is 4.74 Å². The zero-order valence-electron chi connectivity index (χ0n) is 10.2. The average Bonchev–Trinajstić information content (AvgIpc) is 2.40. The minimum atomic E-state index is 0.451. The lowest BCUT2D eigenvalue weighted by molar-refractivity contribution is 0.0876. The van der Waals surface area contributed by atoms with Crippen LogP contribution in [0.25, 0.3) is 10.8 Å². The predicted molar refractivity (Wildman–Crippen MR) is 79.1 cm³/mol. The van der Waals surface area contributed by atoms with Gasteiger partial charge in [0.25, 0.3) is 0 Å². The van der Waals surface area contributed by atoms with Gasteiger partial charge in [-0.3, -0.25) is 0 Å². The average molecular weight is 306 g/mol. The summed E-state index contributed by atoms with van der Waals surface area (Å²) in [5.74, 6) is 0. The van der Waals surface area contributed by atoms with Gasteiger partial charge < -0.3 is 10.1 Å². The second-order valence-electron chi connectivity index (χ2n) is 4.76. The minimum Gasteiger partial charge on any atom is -0.380 e. The lowest BCUT2D eigenvalue weighted by Crippen LogP contribution is -2.29. The van der Waals surface area contributed by atoms with Crippen LogP contribution in [-0.4, -0.2) is 19.3 Å². The molecular weight excluding hydrogens is 290 g/mol. The zero-order valence-corrected chi connectivity index (χ0v) is 11.7. The third kappa shape index (κ3) is 2.68. The van der Waals surface area contributed by atoms with Gasteiger partial charge in [0.05, 0.1) is 6.61 Å². The number of fused-ring (bicyclic) bond motifs is 1. The standard InChI is InChI=1S/C15H16BrNO/c16-13-5-3-12-9-14(6-4-11(12)8-13)17-15-2-1-7-18-10-15/h3-6,8-9,15,17H,1-2,7,10H2. The molecule has 1 fully saturated rings. The predicted octanol–water partition coefficient (Wildman–Crippen LogP) is 4.19. The summed E-state index contributed by atoms with van der Waals surface area (Å²) in [6, 6.07) is 13.3. The van der Waals surface area contributed by atoms with Gasteiger partial charge in [0.2, 0.25) is 0 Å². The molecule has 1 heterocycles. The van der Waals surface area contributed by atoms with Crippen LogP contribution < -0.4 is 5.32 Å². The third-order valence-electron chi connectivity index (χ3n) is 3.33. The molecule has 1 saturated heterocycles. The Balaban J connectivity index is 1.82. The molecule has 0 amide bonds. The van der Waals surface area contributed by atoms with Gasteiger partial charge in [-0.1, -0.05) is 28.1 Å². The molecule has 94 valence electrons. The first-order chi connectivity index (χ1) is 8.81. The minimum absolute atomic E-state index is 0.451. The van der Waals surface area contributed by atoms with Crippen LogP contribution in [0.1, 0.15) is 12.8 Å². The van der Waals surface area contributed by atoms with Crippen molar-refractivity contribution in [3.63, 3.8) is 0 Å². The molecule has 0 aromatic heterocycles. The van der Waals surface area contributed by atoms with E-state index in [1.807, 2.05) is 0 Å². The molecule has 18 heavy (non-hydrogen) atoms. The Bertz CT molecular complexity index is 549. The maximum absolute atomic E-state index is 5.49. The topological polar surface area (TPSA) is 21.3 Å². The Morgan fingerprint density at radius 3 is 2.78 bits per heavy atom. The van der Waals surface area contributed by atoms with Gasteiger partial charge in [-0.05, 0) is 47.9 Å². The molecule has 0 spiro atoms. The number of hydrogen-bond donors (Lipinski definition) is 1. The number of nitrogens with one attached hydrogen (secondary N) is 1. The molecule has 1 atom stereocenters. The number of benzene rings is 2. The van der Waals surface area contributed by atoms with Crippen LogP contribution in [0.4, 0.5) is 5.69 Å². The van der Waals surface area contributed by atoms with Gasteiger partial charge in [0.1, 0.15) is 0 Å². The normalized spacial score (nSPS) is 19.9. The Morgan fingerprint density at radius 2 is 1.94 bits per heavy atom.